The van der Waals surface area contributed by atoms with E-state index in [0.717, 1.165) is 4.88 Å². The van der Waals surface area contributed by atoms with Gasteiger partial charge in [0.25, 0.3) is 5.91 Å². The van der Waals surface area contributed by atoms with Gasteiger partial charge >= 0.3 is 0 Å². The maximum atomic E-state index is 12.2. The van der Waals surface area contributed by atoms with Gasteiger partial charge in [0, 0.05) is 31.6 Å². The van der Waals surface area contributed by atoms with Gasteiger partial charge in [0.2, 0.25) is 15.4 Å². The first-order valence-corrected chi connectivity index (χ1v) is 7.89. The van der Waals surface area contributed by atoms with Crippen LogP contribution in [0.5, 0.6) is 0 Å². The number of thiophene rings is 1. The molecule has 1 aliphatic rings. The summed E-state index contributed by atoms with van der Waals surface area (Å²) in [6, 6.07) is 3.73. The van der Waals surface area contributed by atoms with Gasteiger partial charge < -0.3 is 5.32 Å². The zero-order valence-electron chi connectivity index (χ0n) is 9.92. The number of hydrogen-bond donors (Lipinski definition) is 2. The normalized spacial score (nSPS) is 21.0. The van der Waals surface area contributed by atoms with Crippen LogP contribution in [0.25, 0.3) is 0 Å². The molecule has 8 heteroatoms. The number of sulfonamides is 1. The van der Waals surface area contributed by atoms with Gasteiger partial charge in [0.1, 0.15) is 0 Å². The van der Waals surface area contributed by atoms with E-state index in [4.69, 9.17) is 0 Å². The largest absolute Gasteiger partial charge is 0.352 e. The van der Waals surface area contributed by atoms with Crippen LogP contribution in [0.3, 0.4) is 0 Å². The topological polar surface area (TPSA) is 78.5 Å². The zero-order valence-corrected chi connectivity index (χ0v) is 11.6. The van der Waals surface area contributed by atoms with E-state index in [0.29, 0.717) is 13.1 Å². The van der Waals surface area contributed by atoms with Crippen molar-refractivity contribution in [3.05, 3.63) is 22.4 Å². The van der Waals surface area contributed by atoms with E-state index >= 15 is 0 Å². The van der Waals surface area contributed by atoms with E-state index in [2.05, 4.69) is 10.6 Å². The van der Waals surface area contributed by atoms with Crippen LogP contribution in [0.2, 0.25) is 0 Å². The standard InChI is InChI=1S/C10H15N3O3S2/c1-13(7-8-3-2-6-17-8)18(15,16)10-9(14)11-4-5-12-10/h2-3,6,10,12H,4-5,7H2,1H3,(H,11,14). The van der Waals surface area contributed by atoms with E-state index in [1.807, 2.05) is 17.5 Å². The summed E-state index contributed by atoms with van der Waals surface area (Å²) in [7, 11) is -2.19. The van der Waals surface area contributed by atoms with Crippen molar-refractivity contribution in [3.63, 3.8) is 0 Å². The van der Waals surface area contributed by atoms with Crippen molar-refractivity contribution < 1.29 is 13.2 Å². The van der Waals surface area contributed by atoms with Crippen LogP contribution in [0, 0.1) is 0 Å². The Bertz CT molecular complexity index is 512. The summed E-state index contributed by atoms with van der Waals surface area (Å²) in [4.78, 5) is 12.5. The zero-order chi connectivity index (χ0) is 13.2. The fourth-order valence-electron chi connectivity index (χ4n) is 1.71. The molecule has 1 atom stereocenters. The van der Waals surface area contributed by atoms with Gasteiger partial charge in [0.05, 0.1) is 0 Å². The highest BCUT2D eigenvalue weighted by Gasteiger charge is 2.37. The average molecular weight is 289 g/mol. The number of nitrogens with zero attached hydrogens (tertiary/aromatic N) is 1. The Hall–Kier alpha value is -0.960. The highest BCUT2D eigenvalue weighted by molar-refractivity contribution is 7.90. The Balaban J connectivity index is 2.12. The van der Waals surface area contributed by atoms with Gasteiger partial charge in [-0.05, 0) is 11.4 Å². The summed E-state index contributed by atoms with van der Waals surface area (Å²) in [5, 5.41) is 5.98. The van der Waals surface area contributed by atoms with Crippen molar-refractivity contribution in [1.29, 1.82) is 0 Å². The van der Waals surface area contributed by atoms with Gasteiger partial charge in [-0.1, -0.05) is 6.07 Å². The maximum absolute atomic E-state index is 12.2. The molecule has 0 bridgehead atoms. The third-order valence-corrected chi connectivity index (χ3v) is 5.52. The molecule has 100 valence electrons. The molecule has 1 aromatic rings. The summed E-state index contributed by atoms with van der Waals surface area (Å²) >= 11 is 1.49. The summed E-state index contributed by atoms with van der Waals surface area (Å²) in [5.41, 5.74) is 0. The Morgan fingerprint density at radius 1 is 1.50 bits per heavy atom. The van der Waals surface area contributed by atoms with Crippen molar-refractivity contribution in [2.24, 2.45) is 0 Å². The molecule has 1 unspecified atom stereocenters. The van der Waals surface area contributed by atoms with Gasteiger partial charge in [-0.15, -0.1) is 11.3 Å². The van der Waals surface area contributed by atoms with E-state index < -0.39 is 21.3 Å². The number of amides is 1. The molecule has 2 N–H and O–H groups in total. The lowest BCUT2D eigenvalue weighted by Crippen LogP contribution is -2.59. The molecule has 1 aromatic heterocycles. The minimum absolute atomic E-state index is 0.283. The first-order chi connectivity index (χ1) is 8.51. The van der Waals surface area contributed by atoms with Gasteiger partial charge in [0.15, 0.2) is 0 Å². The Morgan fingerprint density at radius 3 is 2.89 bits per heavy atom. The van der Waals surface area contributed by atoms with Crippen LogP contribution in [-0.2, 0) is 21.4 Å². The molecular formula is C10H15N3O3S2. The Morgan fingerprint density at radius 2 is 2.28 bits per heavy atom. The van der Waals surface area contributed by atoms with E-state index in [9.17, 15) is 13.2 Å². The van der Waals surface area contributed by atoms with Crippen molar-refractivity contribution in [1.82, 2.24) is 14.9 Å². The molecule has 1 amide bonds. The monoisotopic (exact) mass is 289 g/mol. The number of nitrogens with one attached hydrogen (secondary N) is 2. The number of hydrogen-bond acceptors (Lipinski definition) is 5. The lowest BCUT2D eigenvalue weighted by molar-refractivity contribution is -0.122. The van der Waals surface area contributed by atoms with Gasteiger partial charge in [-0.25, -0.2) is 8.42 Å². The summed E-state index contributed by atoms with van der Waals surface area (Å²) < 4.78 is 25.7. The molecule has 18 heavy (non-hydrogen) atoms. The third-order valence-electron chi connectivity index (χ3n) is 2.68. The van der Waals surface area contributed by atoms with Crippen molar-refractivity contribution in [3.8, 4) is 0 Å². The van der Waals surface area contributed by atoms with Gasteiger partial charge in [-0.2, -0.15) is 4.31 Å². The minimum atomic E-state index is -3.67. The SMILES string of the molecule is CN(Cc1cccs1)S(=O)(=O)C1NCCNC1=O. The molecule has 0 saturated carbocycles. The number of rotatable bonds is 4. The maximum Gasteiger partial charge on any atom is 0.254 e. The second-order valence-corrected chi connectivity index (χ2v) is 7.16. The summed E-state index contributed by atoms with van der Waals surface area (Å²) in [6.07, 6.45) is 0. The molecule has 0 aliphatic carbocycles. The summed E-state index contributed by atoms with van der Waals surface area (Å²) in [5.74, 6) is -0.487. The molecule has 0 aromatic carbocycles. The number of piperazine rings is 1. The summed E-state index contributed by atoms with van der Waals surface area (Å²) in [6.45, 7) is 1.20. The second-order valence-electron chi connectivity index (χ2n) is 4.01. The molecule has 2 heterocycles. The first-order valence-electron chi connectivity index (χ1n) is 5.50. The van der Waals surface area contributed by atoms with Crippen LogP contribution in [0.15, 0.2) is 17.5 Å². The molecule has 0 spiro atoms. The fourth-order valence-corrected chi connectivity index (χ4v) is 3.91. The highest BCUT2D eigenvalue weighted by atomic mass is 32.2. The van der Waals surface area contributed by atoms with E-state index in [1.54, 1.807) is 0 Å². The highest BCUT2D eigenvalue weighted by Crippen LogP contribution is 2.15. The van der Waals surface area contributed by atoms with Crippen molar-refractivity contribution >= 4 is 27.3 Å². The van der Waals surface area contributed by atoms with Gasteiger partial charge in [-0.3, -0.25) is 10.1 Å². The van der Waals surface area contributed by atoms with Crippen molar-refractivity contribution in [2.75, 3.05) is 20.1 Å². The fraction of sp³-hybridized carbons (Fsp3) is 0.500. The predicted octanol–water partition coefficient (Wildman–Crippen LogP) is -0.445. The smallest absolute Gasteiger partial charge is 0.254 e. The molecule has 0 radical (unpaired) electrons. The Kier molecular flexibility index (Phi) is 4.00. The van der Waals surface area contributed by atoms with Crippen LogP contribution >= 0.6 is 11.3 Å². The molecule has 6 nitrogen and oxygen atoms in total. The van der Waals surface area contributed by atoms with E-state index in [-0.39, 0.29) is 6.54 Å². The molecule has 1 fully saturated rings. The lowest BCUT2D eigenvalue weighted by Gasteiger charge is -2.27. The number of carbonyl (C=O) groups excluding carboxylic acids is 1. The van der Waals surface area contributed by atoms with Crippen LogP contribution in [-0.4, -0.2) is 44.1 Å². The molecule has 2 rings (SSSR count). The van der Waals surface area contributed by atoms with Crippen molar-refractivity contribution in [2.45, 2.75) is 11.9 Å². The third kappa shape index (κ3) is 2.72. The predicted molar refractivity (Wildman–Crippen MR) is 69.5 cm³/mol. The Labute approximate surface area is 110 Å². The number of carbonyl (C=O) groups is 1. The molecule has 1 aliphatic heterocycles. The first kappa shape index (κ1) is 13.5. The quantitative estimate of drug-likeness (QED) is 0.787. The second kappa shape index (κ2) is 5.35. The minimum Gasteiger partial charge on any atom is -0.352 e. The lowest BCUT2D eigenvalue weighted by atomic mass is 10.4. The van der Waals surface area contributed by atoms with Crippen LogP contribution < -0.4 is 10.6 Å². The van der Waals surface area contributed by atoms with E-state index in [1.165, 1.54) is 22.7 Å². The van der Waals surface area contributed by atoms with Crippen LogP contribution in [0.4, 0.5) is 0 Å². The average Bonchev–Trinajstić information content (AvgIpc) is 2.82. The molecule has 1 saturated heterocycles. The molecular weight excluding hydrogens is 274 g/mol. The van der Waals surface area contributed by atoms with Crippen LogP contribution in [0.1, 0.15) is 4.88 Å².